The molecule has 1 fully saturated rings. The molecule has 1 unspecified atom stereocenters. The van der Waals surface area contributed by atoms with Crippen LogP contribution in [0.2, 0.25) is 0 Å². The number of amides is 1. The standard InChI is InChI=1S/C18H21NO2S/c1-12-4-7-16-13(9-12)10-17(22-16)18(20)19(14-5-6-14)11-15-3-2-8-21-15/h2-3,8,10,12,14H,4-7,9,11H2,1H3. The Balaban J connectivity index is 1.56. The Morgan fingerprint density at radius 2 is 2.27 bits per heavy atom. The lowest BCUT2D eigenvalue weighted by atomic mass is 9.90. The van der Waals surface area contributed by atoms with Gasteiger partial charge in [-0.05, 0) is 61.8 Å². The highest BCUT2D eigenvalue weighted by Crippen LogP contribution is 2.35. The fourth-order valence-corrected chi connectivity index (χ4v) is 4.44. The molecule has 1 saturated carbocycles. The summed E-state index contributed by atoms with van der Waals surface area (Å²) in [5.74, 6) is 1.80. The Morgan fingerprint density at radius 3 is 3.00 bits per heavy atom. The molecule has 0 saturated heterocycles. The molecule has 2 heterocycles. The molecule has 1 amide bonds. The number of aryl methyl sites for hydroxylation is 1. The van der Waals surface area contributed by atoms with E-state index in [1.165, 1.54) is 16.9 Å². The topological polar surface area (TPSA) is 33.5 Å². The molecular formula is C18H21NO2S. The van der Waals surface area contributed by atoms with Gasteiger partial charge in [0, 0.05) is 10.9 Å². The van der Waals surface area contributed by atoms with Gasteiger partial charge in [-0.3, -0.25) is 4.79 Å². The summed E-state index contributed by atoms with van der Waals surface area (Å²) in [5.41, 5.74) is 1.40. The second-order valence-electron chi connectivity index (χ2n) is 6.65. The quantitative estimate of drug-likeness (QED) is 0.844. The zero-order valence-electron chi connectivity index (χ0n) is 12.9. The minimum Gasteiger partial charge on any atom is -0.467 e. The number of furan rings is 1. The summed E-state index contributed by atoms with van der Waals surface area (Å²) in [6, 6.07) is 6.38. The first-order valence-electron chi connectivity index (χ1n) is 8.15. The van der Waals surface area contributed by atoms with Crippen LogP contribution in [0.1, 0.15) is 52.1 Å². The lowest BCUT2D eigenvalue weighted by molar-refractivity contribution is 0.0722. The van der Waals surface area contributed by atoms with Crippen LogP contribution in [0.25, 0.3) is 0 Å². The van der Waals surface area contributed by atoms with Crippen LogP contribution in [0, 0.1) is 5.92 Å². The van der Waals surface area contributed by atoms with Crippen molar-refractivity contribution < 1.29 is 9.21 Å². The molecule has 0 bridgehead atoms. The maximum atomic E-state index is 12.9. The van der Waals surface area contributed by atoms with Gasteiger partial charge in [-0.15, -0.1) is 11.3 Å². The smallest absolute Gasteiger partial charge is 0.264 e. The average molecular weight is 315 g/mol. The van der Waals surface area contributed by atoms with Gasteiger partial charge in [-0.1, -0.05) is 6.92 Å². The van der Waals surface area contributed by atoms with Crippen molar-refractivity contribution in [2.24, 2.45) is 5.92 Å². The second kappa shape index (κ2) is 5.58. The van der Waals surface area contributed by atoms with Gasteiger partial charge in [-0.2, -0.15) is 0 Å². The molecule has 0 aliphatic heterocycles. The summed E-state index contributed by atoms with van der Waals surface area (Å²) in [6.45, 7) is 2.89. The molecule has 1 atom stereocenters. The molecule has 2 aromatic heterocycles. The van der Waals surface area contributed by atoms with Crippen LogP contribution in [0.4, 0.5) is 0 Å². The number of hydrogen-bond acceptors (Lipinski definition) is 3. The molecule has 0 N–H and O–H groups in total. The minimum absolute atomic E-state index is 0.186. The first-order chi connectivity index (χ1) is 10.7. The van der Waals surface area contributed by atoms with Crippen molar-refractivity contribution in [1.82, 2.24) is 4.90 Å². The van der Waals surface area contributed by atoms with Gasteiger partial charge < -0.3 is 9.32 Å². The Morgan fingerprint density at radius 1 is 1.41 bits per heavy atom. The van der Waals surface area contributed by atoms with E-state index in [0.29, 0.717) is 12.6 Å². The molecule has 3 nitrogen and oxygen atoms in total. The van der Waals surface area contributed by atoms with Gasteiger partial charge >= 0.3 is 0 Å². The molecule has 2 aliphatic rings. The molecule has 4 heteroatoms. The van der Waals surface area contributed by atoms with E-state index in [4.69, 9.17) is 4.42 Å². The van der Waals surface area contributed by atoms with Crippen LogP contribution < -0.4 is 0 Å². The number of fused-ring (bicyclic) bond motifs is 1. The van der Waals surface area contributed by atoms with Crippen LogP contribution in [-0.2, 0) is 19.4 Å². The van der Waals surface area contributed by atoms with Crippen LogP contribution >= 0.6 is 11.3 Å². The summed E-state index contributed by atoms with van der Waals surface area (Å²) >= 11 is 1.71. The SMILES string of the molecule is CC1CCc2sc(C(=O)N(Cc3ccco3)C3CC3)cc2C1. The number of nitrogens with zero attached hydrogens (tertiary/aromatic N) is 1. The van der Waals surface area contributed by atoms with Crippen molar-refractivity contribution >= 4 is 17.2 Å². The van der Waals surface area contributed by atoms with Gasteiger partial charge in [0.25, 0.3) is 5.91 Å². The summed E-state index contributed by atoms with van der Waals surface area (Å²) < 4.78 is 5.43. The third-order valence-corrected chi connectivity index (χ3v) is 5.92. The van der Waals surface area contributed by atoms with E-state index in [1.807, 2.05) is 17.0 Å². The molecule has 116 valence electrons. The molecular weight excluding hydrogens is 294 g/mol. The van der Waals surface area contributed by atoms with E-state index in [-0.39, 0.29) is 5.91 Å². The third-order valence-electron chi connectivity index (χ3n) is 4.69. The highest BCUT2D eigenvalue weighted by molar-refractivity contribution is 7.14. The van der Waals surface area contributed by atoms with Crippen molar-refractivity contribution in [1.29, 1.82) is 0 Å². The largest absolute Gasteiger partial charge is 0.467 e. The molecule has 0 aromatic carbocycles. The van der Waals surface area contributed by atoms with E-state index in [1.54, 1.807) is 17.6 Å². The zero-order valence-corrected chi connectivity index (χ0v) is 13.7. The first kappa shape index (κ1) is 14.1. The van der Waals surface area contributed by atoms with E-state index in [2.05, 4.69) is 13.0 Å². The monoisotopic (exact) mass is 315 g/mol. The fraction of sp³-hybridized carbons (Fsp3) is 0.500. The number of carbonyl (C=O) groups is 1. The molecule has 4 rings (SSSR count). The lowest BCUT2D eigenvalue weighted by Gasteiger charge is -2.20. The molecule has 0 spiro atoms. The van der Waals surface area contributed by atoms with E-state index in [0.717, 1.165) is 42.2 Å². The fourth-order valence-electron chi connectivity index (χ4n) is 3.28. The highest BCUT2D eigenvalue weighted by Gasteiger charge is 2.34. The van der Waals surface area contributed by atoms with Crippen molar-refractivity contribution in [3.05, 3.63) is 45.5 Å². The molecule has 2 aliphatic carbocycles. The number of thiophene rings is 1. The first-order valence-corrected chi connectivity index (χ1v) is 8.97. The Hall–Kier alpha value is -1.55. The van der Waals surface area contributed by atoms with Crippen LogP contribution in [0.5, 0.6) is 0 Å². The predicted octanol–water partition coefficient (Wildman–Crippen LogP) is 4.27. The average Bonchev–Trinajstić information content (AvgIpc) is 3.06. The summed E-state index contributed by atoms with van der Waals surface area (Å²) in [4.78, 5) is 17.3. The molecule has 2 aromatic rings. The zero-order chi connectivity index (χ0) is 15.1. The number of rotatable bonds is 4. The lowest BCUT2D eigenvalue weighted by Crippen LogP contribution is -2.31. The van der Waals surface area contributed by atoms with Crippen molar-refractivity contribution in [3.63, 3.8) is 0 Å². The van der Waals surface area contributed by atoms with Gasteiger partial charge in [0.1, 0.15) is 5.76 Å². The third kappa shape index (κ3) is 2.72. The highest BCUT2D eigenvalue weighted by atomic mass is 32.1. The van der Waals surface area contributed by atoms with Crippen LogP contribution in [-0.4, -0.2) is 16.8 Å². The molecule has 0 radical (unpaired) electrons. The van der Waals surface area contributed by atoms with E-state index < -0.39 is 0 Å². The van der Waals surface area contributed by atoms with Crippen molar-refractivity contribution in [3.8, 4) is 0 Å². The van der Waals surface area contributed by atoms with Gasteiger partial charge in [-0.25, -0.2) is 0 Å². The summed E-state index contributed by atoms with van der Waals surface area (Å²) in [7, 11) is 0. The van der Waals surface area contributed by atoms with E-state index in [9.17, 15) is 4.79 Å². The maximum Gasteiger partial charge on any atom is 0.264 e. The summed E-state index contributed by atoms with van der Waals surface area (Å²) in [5, 5.41) is 0. The number of carbonyl (C=O) groups excluding carboxylic acids is 1. The Kier molecular flexibility index (Phi) is 3.57. The van der Waals surface area contributed by atoms with Gasteiger partial charge in [0.15, 0.2) is 0 Å². The Bertz CT molecular complexity index is 669. The Labute approximate surface area is 134 Å². The number of hydrogen-bond donors (Lipinski definition) is 0. The molecule has 22 heavy (non-hydrogen) atoms. The van der Waals surface area contributed by atoms with Gasteiger partial charge in [0.05, 0.1) is 17.7 Å². The summed E-state index contributed by atoms with van der Waals surface area (Å²) in [6.07, 6.45) is 7.43. The van der Waals surface area contributed by atoms with Gasteiger partial charge in [0.2, 0.25) is 0 Å². The maximum absolute atomic E-state index is 12.9. The van der Waals surface area contributed by atoms with E-state index >= 15 is 0 Å². The van der Waals surface area contributed by atoms with Crippen molar-refractivity contribution in [2.45, 2.75) is 51.6 Å². The van der Waals surface area contributed by atoms with Crippen molar-refractivity contribution in [2.75, 3.05) is 0 Å². The minimum atomic E-state index is 0.186. The normalized spacial score (nSPS) is 20.7. The predicted molar refractivity (Wildman–Crippen MR) is 87.1 cm³/mol. The van der Waals surface area contributed by atoms with Crippen LogP contribution in [0.15, 0.2) is 28.9 Å². The second-order valence-corrected chi connectivity index (χ2v) is 7.79. The van der Waals surface area contributed by atoms with Crippen LogP contribution in [0.3, 0.4) is 0 Å².